The van der Waals surface area contributed by atoms with Crippen LogP contribution in [0.15, 0.2) is 24.3 Å². The van der Waals surface area contributed by atoms with Crippen molar-refractivity contribution in [2.24, 2.45) is 0 Å². The van der Waals surface area contributed by atoms with Crippen LogP contribution in [0.1, 0.15) is 18.1 Å². The lowest BCUT2D eigenvalue weighted by atomic mass is 10.1. The van der Waals surface area contributed by atoms with Crippen molar-refractivity contribution in [1.29, 1.82) is 0 Å². The van der Waals surface area contributed by atoms with Gasteiger partial charge in [-0.15, -0.1) is 0 Å². The Morgan fingerprint density at radius 3 is 2.53 bits per heavy atom. The molecule has 0 saturated carbocycles. The summed E-state index contributed by atoms with van der Waals surface area (Å²) in [7, 11) is 1.68. The Hall–Kier alpha value is -1.00. The van der Waals surface area contributed by atoms with Crippen LogP contribution in [0.3, 0.4) is 0 Å². The molecule has 0 aliphatic rings. The topological polar surface area (TPSA) is 38.3 Å². The fourth-order valence-electron chi connectivity index (χ4n) is 1.37. The van der Waals surface area contributed by atoms with Gasteiger partial charge >= 0.3 is 0 Å². The van der Waals surface area contributed by atoms with Gasteiger partial charge in [0.2, 0.25) is 5.91 Å². The van der Waals surface area contributed by atoms with Gasteiger partial charge in [0.15, 0.2) is 0 Å². The van der Waals surface area contributed by atoms with Crippen molar-refractivity contribution in [1.82, 2.24) is 5.32 Å². The maximum atomic E-state index is 11.4. The van der Waals surface area contributed by atoms with Crippen LogP contribution >= 0.6 is 11.8 Å². The average Bonchev–Trinajstić information content (AvgIpc) is 2.36. The minimum atomic E-state index is 0.0952. The van der Waals surface area contributed by atoms with E-state index in [9.17, 15) is 4.79 Å². The van der Waals surface area contributed by atoms with E-state index in [-0.39, 0.29) is 5.91 Å². The van der Waals surface area contributed by atoms with Crippen molar-refractivity contribution < 1.29 is 9.53 Å². The highest BCUT2D eigenvalue weighted by molar-refractivity contribution is 7.99. The first-order chi connectivity index (χ1) is 8.26. The molecular weight excluding hydrogens is 234 g/mol. The number of benzene rings is 1. The molecule has 94 valence electrons. The maximum Gasteiger partial charge on any atom is 0.230 e. The third-order valence-electron chi connectivity index (χ3n) is 2.26. The van der Waals surface area contributed by atoms with E-state index in [0.717, 1.165) is 16.9 Å². The quantitative estimate of drug-likeness (QED) is 0.809. The van der Waals surface area contributed by atoms with Gasteiger partial charge in [-0.3, -0.25) is 4.79 Å². The third-order valence-corrected chi connectivity index (χ3v) is 3.14. The highest BCUT2D eigenvalue weighted by Crippen LogP contribution is 2.05. The van der Waals surface area contributed by atoms with Crippen LogP contribution in [0.25, 0.3) is 0 Å². The van der Waals surface area contributed by atoms with Gasteiger partial charge in [-0.1, -0.05) is 31.2 Å². The first kappa shape index (κ1) is 14.1. The Morgan fingerprint density at radius 1 is 1.29 bits per heavy atom. The number of amides is 1. The van der Waals surface area contributed by atoms with Gasteiger partial charge in [-0.05, 0) is 16.9 Å². The van der Waals surface area contributed by atoms with E-state index >= 15 is 0 Å². The molecule has 1 aromatic rings. The molecule has 0 spiro atoms. The Labute approximate surface area is 107 Å². The van der Waals surface area contributed by atoms with Crippen LogP contribution in [0, 0.1) is 0 Å². The number of rotatable bonds is 7. The van der Waals surface area contributed by atoms with E-state index in [2.05, 4.69) is 5.32 Å². The lowest BCUT2D eigenvalue weighted by Crippen LogP contribution is -2.24. The Kier molecular flexibility index (Phi) is 6.74. The number of carbonyl (C=O) groups excluding carboxylic acids is 1. The van der Waals surface area contributed by atoms with Gasteiger partial charge in [0.25, 0.3) is 0 Å². The second-order valence-corrected chi connectivity index (χ2v) is 4.94. The summed E-state index contributed by atoms with van der Waals surface area (Å²) in [5.41, 5.74) is 2.25. The molecule has 17 heavy (non-hydrogen) atoms. The number of hydrogen-bond acceptors (Lipinski definition) is 3. The molecule has 0 saturated heterocycles. The first-order valence-corrected chi connectivity index (χ1v) is 6.83. The second kappa shape index (κ2) is 8.14. The van der Waals surface area contributed by atoms with Crippen molar-refractivity contribution in [3.05, 3.63) is 35.4 Å². The molecule has 0 heterocycles. The van der Waals surface area contributed by atoms with Crippen LogP contribution in [0.4, 0.5) is 0 Å². The van der Waals surface area contributed by atoms with Gasteiger partial charge in [0.05, 0.1) is 12.4 Å². The van der Waals surface area contributed by atoms with E-state index in [1.165, 1.54) is 0 Å². The Bertz CT molecular complexity index is 338. The van der Waals surface area contributed by atoms with Crippen molar-refractivity contribution in [2.45, 2.75) is 20.1 Å². The van der Waals surface area contributed by atoms with Crippen molar-refractivity contribution in [3.8, 4) is 0 Å². The predicted octanol–water partition coefficient (Wildman–Crippen LogP) is 2.20. The molecule has 0 aliphatic carbocycles. The van der Waals surface area contributed by atoms with E-state index in [0.29, 0.717) is 18.9 Å². The summed E-state index contributed by atoms with van der Waals surface area (Å²) in [6.45, 7) is 3.27. The van der Waals surface area contributed by atoms with Crippen LogP contribution in [-0.2, 0) is 22.7 Å². The van der Waals surface area contributed by atoms with Crippen molar-refractivity contribution >= 4 is 17.7 Å². The summed E-state index contributed by atoms with van der Waals surface area (Å²) in [6.07, 6.45) is 0. The zero-order valence-electron chi connectivity index (χ0n) is 10.4. The van der Waals surface area contributed by atoms with Crippen LogP contribution in [0.2, 0.25) is 0 Å². The van der Waals surface area contributed by atoms with Gasteiger partial charge in [-0.25, -0.2) is 0 Å². The van der Waals surface area contributed by atoms with Crippen LogP contribution in [-0.4, -0.2) is 24.5 Å². The first-order valence-electron chi connectivity index (χ1n) is 5.67. The zero-order chi connectivity index (χ0) is 12.5. The molecule has 4 heteroatoms. The van der Waals surface area contributed by atoms with Gasteiger partial charge in [0.1, 0.15) is 0 Å². The highest BCUT2D eigenvalue weighted by Gasteiger charge is 2.00. The summed E-state index contributed by atoms with van der Waals surface area (Å²) < 4.78 is 5.04. The second-order valence-electron chi connectivity index (χ2n) is 3.66. The molecule has 1 N–H and O–H groups in total. The van der Waals surface area contributed by atoms with Crippen molar-refractivity contribution in [2.75, 3.05) is 18.6 Å². The third kappa shape index (κ3) is 5.75. The summed E-state index contributed by atoms with van der Waals surface area (Å²) in [5, 5.41) is 2.89. The fraction of sp³-hybridized carbons (Fsp3) is 0.462. The number of carbonyl (C=O) groups is 1. The van der Waals surface area contributed by atoms with Gasteiger partial charge in [-0.2, -0.15) is 11.8 Å². The highest BCUT2D eigenvalue weighted by atomic mass is 32.2. The smallest absolute Gasteiger partial charge is 0.230 e. The number of methoxy groups -OCH3 is 1. The minimum absolute atomic E-state index is 0.0952. The molecule has 1 rings (SSSR count). The molecule has 0 radical (unpaired) electrons. The fourth-order valence-corrected chi connectivity index (χ4v) is 1.86. The van der Waals surface area contributed by atoms with E-state index in [1.807, 2.05) is 31.2 Å². The molecule has 0 aromatic heterocycles. The molecule has 3 nitrogen and oxygen atoms in total. The van der Waals surface area contributed by atoms with Gasteiger partial charge < -0.3 is 10.1 Å². The average molecular weight is 253 g/mol. The Balaban J connectivity index is 2.34. The standard InChI is InChI=1S/C13H19NO2S/c1-3-17-10-13(15)14-8-11-4-6-12(7-5-11)9-16-2/h4-7H,3,8-10H2,1-2H3,(H,14,15). The molecular formula is C13H19NO2S. The summed E-state index contributed by atoms with van der Waals surface area (Å²) in [6, 6.07) is 8.07. The SMILES string of the molecule is CCSCC(=O)NCc1ccc(COC)cc1. The largest absolute Gasteiger partial charge is 0.380 e. The van der Waals surface area contributed by atoms with Crippen LogP contribution in [0.5, 0.6) is 0 Å². The van der Waals surface area contributed by atoms with Crippen molar-refractivity contribution in [3.63, 3.8) is 0 Å². The summed E-state index contributed by atoms with van der Waals surface area (Å²) >= 11 is 1.63. The van der Waals surface area contributed by atoms with E-state index in [4.69, 9.17) is 4.74 Å². The normalized spacial score (nSPS) is 10.2. The number of hydrogen-bond donors (Lipinski definition) is 1. The maximum absolute atomic E-state index is 11.4. The molecule has 0 aliphatic heterocycles. The lowest BCUT2D eigenvalue weighted by Gasteiger charge is -2.06. The molecule has 1 aromatic carbocycles. The zero-order valence-corrected chi connectivity index (χ0v) is 11.2. The van der Waals surface area contributed by atoms with Crippen LogP contribution < -0.4 is 5.32 Å². The number of thioether (sulfide) groups is 1. The predicted molar refractivity (Wildman–Crippen MR) is 72.0 cm³/mol. The van der Waals surface area contributed by atoms with Gasteiger partial charge in [0, 0.05) is 13.7 Å². The molecule has 0 fully saturated rings. The Morgan fingerprint density at radius 2 is 1.94 bits per heavy atom. The molecule has 0 bridgehead atoms. The number of ether oxygens (including phenoxy) is 1. The molecule has 0 atom stereocenters. The lowest BCUT2D eigenvalue weighted by molar-refractivity contribution is -0.118. The van der Waals surface area contributed by atoms with E-state index in [1.54, 1.807) is 18.9 Å². The summed E-state index contributed by atoms with van der Waals surface area (Å²) in [5.74, 6) is 1.61. The monoisotopic (exact) mass is 253 g/mol. The molecule has 1 amide bonds. The summed E-state index contributed by atoms with van der Waals surface area (Å²) in [4.78, 5) is 11.4. The molecule has 0 unspecified atom stereocenters. The number of nitrogens with one attached hydrogen (secondary N) is 1. The van der Waals surface area contributed by atoms with E-state index < -0.39 is 0 Å². The minimum Gasteiger partial charge on any atom is -0.380 e.